The smallest absolute Gasteiger partial charge is 0.390 e. The lowest BCUT2D eigenvalue weighted by Crippen LogP contribution is -2.21. The van der Waals surface area contributed by atoms with Crippen LogP contribution in [0.1, 0.15) is 47.9 Å². The molecule has 6 aromatic rings. The van der Waals surface area contributed by atoms with Crippen LogP contribution in [-0.2, 0) is 25.7 Å². The van der Waals surface area contributed by atoms with Crippen LogP contribution < -0.4 is 20.4 Å². The molecule has 0 unspecified atom stereocenters. The van der Waals surface area contributed by atoms with Gasteiger partial charge in [0.05, 0.1) is 0 Å². The van der Waals surface area contributed by atoms with Crippen molar-refractivity contribution in [3.8, 4) is 5.75 Å². The molecule has 0 aliphatic heterocycles. The number of para-hydroxylation sites is 1. The first kappa shape index (κ1) is 26.8. The van der Waals surface area contributed by atoms with Gasteiger partial charge in [-0.05, 0) is 110 Å². The number of hydrogen-bond acceptors (Lipinski definition) is 3. The molecule has 214 valence electrons. The minimum Gasteiger partial charge on any atom is -0.390 e. The molecule has 0 saturated carbocycles. The molecule has 2 aliphatic carbocycles. The summed E-state index contributed by atoms with van der Waals surface area (Å²) in [5.41, 5.74) is 7.61. The van der Waals surface area contributed by atoms with Gasteiger partial charge in [-0.2, -0.15) is 0 Å². The summed E-state index contributed by atoms with van der Waals surface area (Å²) in [6.07, 6.45) is 9.38. The molecule has 3 nitrogen and oxygen atoms in total. The molecular weight excluding hydrogens is 566 g/mol. The van der Waals surface area contributed by atoms with Gasteiger partial charge in [-0.3, -0.25) is 0 Å². The minimum absolute atomic E-state index is 0.813. The maximum Gasteiger partial charge on any atom is 0.453 e. The van der Waals surface area contributed by atoms with Crippen LogP contribution >= 0.6 is 16.2 Å². The van der Waals surface area contributed by atoms with Gasteiger partial charge in [0.15, 0.2) is 0 Å². The zero-order chi connectivity index (χ0) is 28.6. The van der Waals surface area contributed by atoms with E-state index in [-0.39, 0.29) is 0 Å². The molecule has 1 aromatic heterocycles. The number of hydrogen-bond donors (Lipinski definition) is 0. The van der Waals surface area contributed by atoms with Crippen LogP contribution in [0.25, 0.3) is 21.9 Å². The summed E-state index contributed by atoms with van der Waals surface area (Å²) < 4.78 is 20.4. The van der Waals surface area contributed by atoms with E-state index in [4.69, 9.17) is 12.9 Å². The van der Waals surface area contributed by atoms with Crippen molar-refractivity contribution in [2.75, 3.05) is 0 Å². The van der Waals surface area contributed by atoms with E-state index in [2.05, 4.69) is 103 Å². The van der Waals surface area contributed by atoms with Gasteiger partial charge in [0.2, 0.25) is 0 Å². The van der Waals surface area contributed by atoms with E-state index in [1.54, 1.807) is 0 Å². The predicted octanol–water partition coefficient (Wildman–Crippen LogP) is 9.65. The molecule has 5 aromatic carbocycles. The maximum atomic E-state index is 6.83. The summed E-state index contributed by atoms with van der Waals surface area (Å²) in [6.45, 7) is 0. The fourth-order valence-corrected chi connectivity index (χ4v) is 10.4. The molecule has 0 fully saturated rings. The first-order chi connectivity index (χ1) is 21.3. The highest BCUT2D eigenvalue weighted by atomic mass is 31.1. The zero-order valence-electron chi connectivity index (χ0n) is 24.2. The highest BCUT2D eigenvalue weighted by Crippen LogP contribution is 2.44. The minimum atomic E-state index is -1.74. The molecule has 0 N–H and O–H groups in total. The van der Waals surface area contributed by atoms with E-state index in [0.29, 0.717) is 0 Å². The molecule has 1 heterocycles. The van der Waals surface area contributed by atoms with Crippen molar-refractivity contribution < 1.29 is 12.9 Å². The van der Waals surface area contributed by atoms with Crippen molar-refractivity contribution >= 4 is 54.0 Å². The Morgan fingerprint density at radius 1 is 0.512 bits per heavy atom. The lowest BCUT2D eigenvalue weighted by Gasteiger charge is -2.21. The largest absolute Gasteiger partial charge is 0.453 e. The Morgan fingerprint density at radius 2 is 1.00 bits per heavy atom. The summed E-state index contributed by atoms with van der Waals surface area (Å²) in [5.74, 6) is 0.813. The third-order valence-electron chi connectivity index (χ3n) is 8.89. The van der Waals surface area contributed by atoms with Crippen LogP contribution in [-0.4, -0.2) is 0 Å². The van der Waals surface area contributed by atoms with Gasteiger partial charge in [0.1, 0.15) is 16.9 Å². The predicted molar refractivity (Wildman–Crippen MR) is 181 cm³/mol. The quantitative estimate of drug-likeness (QED) is 0.185. The third-order valence-corrected chi connectivity index (χ3v) is 12.4. The van der Waals surface area contributed by atoms with Crippen LogP contribution in [0.4, 0.5) is 0 Å². The summed E-state index contributed by atoms with van der Waals surface area (Å²) in [4.78, 5) is 0. The molecular formula is C38H34O3P2. The third kappa shape index (κ3) is 5.10. The van der Waals surface area contributed by atoms with Gasteiger partial charge in [-0.25, -0.2) is 0 Å². The second-order valence-electron chi connectivity index (χ2n) is 11.5. The molecule has 0 saturated heterocycles. The number of fused-ring (bicyclic) bond motifs is 7. The van der Waals surface area contributed by atoms with Gasteiger partial charge < -0.3 is 12.9 Å². The van der Waals surface area contributed by atoms with Crippen molar-refractivity contribution in [3.05, 3.63) is 131 Å². The molecule has 8 rings (SSSR count). The van der Waals surface area contributed by atoms with Crippen molar-refractivity contribution in [3.63, 3.8) is 0 Å². The highest BCUT2D eigenvalue weighted by molar-refractivity contribution is 7.80. The summed E-state index contributed by atoms with van der Waals surface area (Å²) >= 11 is 0. The fourth-order valence-electron chi connectivity index (χ4n) is 6.91. The van der Waals surface area contributed by atoms with Crippen LogP contribution in [0.5, 0.6) is 5.75 Å². The SMILES string of the molecule is c1ccc(P(c2ccccc2)c2ccccc2Op2oc3ccc4c(c3c3c5c(ccc3o2)CCCC5)CCCC4)cc1. The van der Waals surface area contributed by atoms with E-state index in [0.717, 1.165) is 47.9 Å². The van der Waals surface area contributed by atoms with Gasteiger partial charge >= 0.3 is 8.24 Å². The summed E-state index contributed by atoms with van der Waals surface area (Å²) in [6, 6.07) is 38.8. The van der Waals surface area contributed by atoms with E-state index in [1.807, 2.05) is 6.07 Å². The van der Waals surface area contributed by atoms with E-state index in [1.165, 1.54) is 69.3 Å². The van der Waals surface area contributed by atoms with Crippen LogP contribution in [0.3, 0.4) is 0 Å². The second-order valence-corrected chi connectivity index (χ2v) is 14.7. The van der Waals surface area contributed by atoms with Crippen molar-refractivity contribution in [1.82, 2.24) is 0 Å². The van der Waals surface area contributed by atoms with Gasteiger partial charge in [-0.1, -0.05) is 91.0 Å². The van der Waals surface area contributed by atoms with Crippen LogP contribution in [0, 0.1) is 0 Å². The van der Waals surface area contributed by atoms with E-state index >= 15 is 0 Å². The topological polar surface area (TPSA) is 35.5 Å². The molecule has 0 bridgehead atoms. The summed E-state index contributed by atoms with van der Waals surface area (Å²) in [5, 5.41) is 6.23. The molecule has 2 aliphatic rings. The van der Waals surface area contributed by atoms with Crippen molar-refractivity contribution in [2.24, 2.45) is 0 Å². The van der Waals surface area contributed by atoms with E-state index < -0.39 is 16.2 Å². The first-order valence-corrected chi connectivity index (χ1v) is 17.9. The molecule has 0 radical (unpaired) electrons. The Kier molecular flexibility index (Phi) is 7.31. The average Bonchev–Trinajstić information content (AvgIpc) is 3.23. The Bertz CT molecular complexity index is 1850. The van der Waals surface area contributed by atoms with Crippen molar-refractivity contribution in [2.45, 2.75) is 51.4 Å². The van der Waals surface area contributed by atoms with Crippen molar-refractivity contribution in [1.29, 1.82) is 0 Å². The lowest BCUT2D eigenvalue weighted by molar-refractivity contribution is 0.500. The zero-order valence-corrected chi connectivity index (χ0v) is 26.0. The molecule has 0 atom stereocenters. The summed E-state index contributed by atoms with van der Waals surface area (Å²) in [7, 11) is -2.59. The molecule has 5 heteroatoms. The Morgan fingerprint density at radius 3 is 1.56 bits per heavy atom. The Labute approximate surface area is 254 Å². The Hall–Kier alpha value is -3.77. The van der Waals surface area contributed by atoms with Crippen LogP contribution in [0.2, 0.25) is 0 Å². The normalized spacial score (nSPS) is 14.4. The first-order valence-electron chi connectivity index (χ1n) is 15.5. The Balaban J connectivity index is 1.33. The van der Waals surface area contributed by atoms with Gasteiger partial charge in [0.25, 0.3) is 0 Å². The van der Waals surface area contributed by atoms with Crippen LogP contribution in [0.15, 0.2) is 118 Å². The lowest BCUT2D eigenvalue weighted by atomic mass is 9.84. The van der Waals surface area contributed by atoms with Gasteiger partial charge in [-0.15, -0.1) is 0 Å². The standard InChI is InChI=1S/C38H34O3P2/c1-3-15-29(16-4-1)42(30-17-5-2-6-18-30)36-22-12-11-21-33(36)39-43-40-34-25-23-27-13-7-9-19-31(27)37(34)38-32-20-10-8-14-28(32)24-26-35(38)41-43/h1-6,11-12,15-18,21-26H,7-10,13-14,19-20H2. The fraction of sp³-hybridized carbons (Fsp3) is 0.211. The highest BCUT2D eigenvalue weighted by Gasteiger charge is 2.24. The average molecular weight is 601 g/mol. The molecule has 43 heavy (non-hydrogen) atoms. The molecule has 0 spiro atoms. The van der Waals surface area contributed by atoms with E-state index in [9.17, 15) is 0 Å². The second kappa shape index (κ2) is 11.7. The monoisotopic (exact) mass is 600 g/mol. The number of rotatable bonds is 5. The maximum absolute atomic E-state index is 6.83. The number of aryl methyl sites for hydroxylation is 4. The van der Waals surface area contributed by atoms with Gasteiger partial charge in [0, 0.05) is 16.1 Å². The molecule has 0 amide bonds. The number of benzene rings is 5.